The van der Waals surface area contributed by atoms with Crippen molar-refractivity contribution in [2.75, 3.05) is 13.7 Å². The van der Waals surface area contributed by atoms with E-state index in [9.17, 15) is 4.79 Å². The van der Waals surface area contributed by atoms with Crippen LogP contribution in [0.1, 0.15) is 6.42 Å². The number of allylic oxidation sites excluding steroid dienone is 1. The van der Waals surface area contributed by atoms with E-state index in [1.165, 1.54) is 6.08 Å². The first kappa shape index (κ1) is 6.29. The molecule has 0 bridgehead atoms. The number of ketones is 1. The maximum absolute atomic E-state index is 10.6. The molecule has 0 radical (unpaired) electrons. The van der Waals surface area contributed by atoms with Gasteiger partial charge in [-0.25, -0.2) is 0 Å². The van der Waals surface area contributed by atoms with Crippen LogP contribution in [0, 0.1) is 0 Å². The Hall–Kier alpha value is -0.830. The monoisotopic (exact) mass is 127 g/mol. The van der Waals surface area contributed by atoms with Gasteiger partial charge < -0.3 is 0 Å². The number of hydrogen-bond acceptors (Lipinski definition) is 3. The van der Waals surface area contributed by atoms with E-state index in [4.69, 9.17) is 4.84 Å². The van der Waals surface area contributed by atoms with Gasteiger partial charge in [0.25, 0.3) is 0 Å². The fraction of sp³-hybridized carbons (Fsp3) is 0.500. The smallest absolute Gasteiger partial charge is 0.159 e. The molecule has 0 aromatic carbocycles. The molecule has 0 spiro atoms. The Morgan fingerprint density at radius 2 is 2.56 bits per heavy atom. The van der Waals surface area contributed by atoms with E-state index in [0.717, 1.165) is 0 Å². The third-order valence-electron chi connectivity index (χ3n) is 1.24. The molecule has 0 unspecified atom stereocenters. The van der Waals surface area contributed by atoms with Crippen molar-refractivity contribution >= 4 is 5.78 Å². The minimum Gasteiger partial charge on any atom is -0.295 e. The maximum atomic E-state index is 10.6. The Kier molecular flexibility index (Phi) is 1.85. The first-order valence-electron chi connectivity index (χ1n) is 2.84. The number of rotatable bonds is 1. The molecule has 3 nitrogen and oxygen atoms in total. The predicted octanol–water partition coefficient (Wildman–Crippen LogP) is 0.336. The lowest BCUT2D eigenvalue weighted by Crippen LogP contribution is -2.23. The van der Waals surface area contributed by atoms with Crippen LogP contribution in [0.15, 0.2) is 12.3 Å². The molecule has 0 fully saturated rings. The summed E-state index contributed by atoms with van der Waals surface area (Å²) in [6, 6.07) is 0. The lowest BCUT2D eigenvalue weighted by atomic mass is 10.2. The second-order valence-corrected chi connectivity index (χ2v) is 1.86. The van der Waals surface area contributed by atoms with E-state index in [-0.39, 0.29) is 5.78 Å². The number of hydrogen-bond donors (Lipinski definition) is 0. The van der Waals surface area contributed by atoms with Crippen molar-refractivity contribution in [1.82, 2.24) is 5.06 Å². The Labute approximate surface area is 53.9 Å². The molecule has 0 aromatic rings. The summed E-state index contributed by atoms with van der Waals surface area (Å²) in [4.78, 5) is 15.4. The van der Waals surface area contributed by atoms with Crippen molar-refractivity contribution in [2.24, 2.45) is 0 Å². The molecule has 0 aromatic heterocycles. The van der Waals surface area contributed by atoms with Gasteiger partial charge in [0.15, 0.2) is 5.78 Å². The van der Waals surface area contributed by atoms with E-state index < -0.39 is 0 Å². The predicted molar refractivity (Wildman–Crippen MR) is 32.5 cm³/mol. The van der Waals surface area contributed by atoms with Crippen LogP contribution in [0.2, 0.25) is 0 Å². The highest BCUT2D eigenvalue weighted by atomic mass is 16.7. The van der Waals surface area contributed by atoms with E-state index in [2.05, 4.69) is 0 Å². The van der Waals surface area contributed by atoms with Crippen molar-refractivity contribution in [2.45, 2.75) is 6.42 Å². The first-order valence-corrected chi connectivity index (χ1v) is 2.84. The molecule has 1 aliphatic heterocycles. The first-order chi connectivity index (χ1) is 4.33. The average Bonchev–Trinajstić information content (AvgIpc) is 1.90. The Bertz CT molecular complexity index is 142. The number of carbonyl (C=O) groups is 1. The molecule has 0 amide bonds. The lowest BCUT2D eigenvalue weighted by Gasteiger charge is -2.18. The van der Waals surface area contributed by atoms with Crippen LogP contribution in [0.4, 0.5) is 0 Å². The summed E-state index contributed by atoms with van der Waals surface area (Å²) in [6.45, 7) is 0.672. The van der Waals surface area contributed by atoms with E-state index in [1.807, 2.05) is 0 Å². The number of hydroxylamine groups is 2. The topological polar surface area (TPSA) is 29.5 Å². The second kappa shape index (κ2) is 2.64. The standard InChI is InChI=1S/C6H9NO2/c1-9-7-4-2-6(8)3-5-7/h2,4H,3,5H2,1H3. The molecule has 0 N–H and O–H groups in total. The Balaban J connectivity index is 2.48. The summed E-state index contributed by atoms with van der Waals surface area (Å²) < 4.78 is 0. The molecule has 50 valence electrons. The van der Waals surface area contributed by atoms with Crippen LogP contribution >= 0.6 is 0 Å². The summed E-state index contributed by atoms with van der Waals surface area (Å²) in [6.07, 6.45) is 3.73. The van der Waals surface area contributed by atoms with Gasteiger partial charge in [0.2, 0.25) is 0 Å². The SMILES string of the molecule is CON1C=CC(=O)CC1. The molecular weight excluding hydrogens is 118 g/mol. The van der Waals surface area contributed by atoms with Crippen LogP contribution in [-0.4, -0.2) is 24.5 Å². The molecule has 1 rings (SSSR count). The summed E-state index contributed by atoms with van der Waals surface area (Å²) in [7, 11) is 1.58. The van der Waals surface area contributed by atoms with Crippen molar-refractivity contribution in [3.8, 4) is 0 Å². The van der Waals surface area contributed by atoms with Crippen molar-refractivity contribution in [1.29, 1.82) is 0 Å². The Morgan fingerprint density at radius 1 is 1.78 bits per heavy atom. The van der Waals surface area contributed by atoms with Gasteiger partial charge in [0.05, 0.1) is 13.7 Å². The largest absolute Gasteiger partial charge is 0.295 e. The van der Waals surface area contributed by atoms with Gasteiger partial charge in [-0.2, -0.15) is 0 Å². The zero-order chi connectivity index (χ0) is 6.69. The number of nitrogens with zero attached hydrogens (tertiary/aromatic N) is 1. The molecule has 0 atom stereocenters. The summed E-state index contributed by atoms with van der Waals surface area (Å²) in [5.41, 5.74) is 0. The van der Waals surface area contributed by atoms with Crippen LogP contribution in [0.3, 0.4) is 0 Å². The van der Waals surface area contributed by atoms with Gasteiger partial charge in [0.1, 0.15) is 0 Å². The zero-order valence-corrected chi connectivity index (χ0v) is 5.33. The molecule has 1 heterocycles. The maximum Gasteiger partial charge on any atom is 0.159 e. The van der Waals surface area contributed by atoms with Crippen LogP contribution in [-0.2, 0) is 9.63 Å². The minimum absolute atomic E-state index is 0.170. The Morgan fingerprint density at radius 3 is 3.00 bits per heavy atom. The minimum atomic E-state index is 0.170. The van der Waals surface area contributed by atoms with Gasteiger partial charge in [-0.15, -0.1) is 0 Å². The van der Waals surface area contributed by atoms with Crippen LogP contribution in [0.5, 0.6) is 0 Å². The van der Waals surface area contributed by atoms with Crippen LogP contribution < -0.4 is 0 Å². The highest BCUT2D eigenvalue weighted by molar-refractivity contribution is 5.90. The number of carbonyl (C=O) groups excluding carboxylic acids is 1. The average molecular weight is 127 g/mol. The molecular formula is C6H9NO2. The van der Waals surface area contributed by atoms with Gasteiger partial charge in [-0.1, -0.05) is 0 Å². The zero-order valence-electron chi connectivity index (χ0n) is 5.33. The van der Waals surface area contributed by atoms with E-state index in [1.54, 1.807) is 18.4 Å². The highest BCUT2D eigenvalue weighted by Gasteiger charge is 2.06. The quantitative estimate of drug-likeness (QED) is 0.508. The van der Waals surface area contributed by atoms with Crippen molar-refractivity contribution in [3.63, 3.8) is 0 Å². The third-order valence-corrected chi connectivity index (χ3v) is 1.24. The molecule has 0 aliphatic carbocycles. The fourth-order valence-corrected chi connectivity index (χ4v) is 0.697. The lowest BCUT2D eigenvalue weighted by molar-refractivity contribution is -0.124. The van der Waals surface area contributed by atoms with Gasteiger partial charge >= 0.3 is 0 Å². The van der Waals surface area contributed by atoms with E-state index in [0.29, 0.717) is 13.0 Å². The summed E-state index contributed by atoms with van der Waals surface area (Å²) >= 11 is 0. The van der Waals surface area contributed by atoms with Crippen molar-refractivity contribution < 1.29 is 9.63 Å². The second-order valence-electron chi connectivity index (χ2n) is 1.86. The molecule has 0 saturated carbocycles. The fourth-order valence-electron chi connectivity index (χ4n) is 0.697. The van der Waals surface area contributed by atoms with Gasteiger partial charge in [-0.05, 0) is 6.08 Å². The van der Waals surface area contributed by atoms with Crippen LogP contribution in [0.25, 0.3) is 0 Å². The summed E-state index contributed by atoms with van der Waals surface area (Å²) in [5, 5.41) is 1.63. The molecule has 9 heavy (non-hydrogen) atoms. The van der Waals surface area contributed by atoms with Gasteiger partial charge in [0, 0.05) is 12.6 Å². The molecule has 0 saturated heterocycles. The molecule has 3 heteroatoms. The summed E-state index contributed by atoms with van der Waals surface area (Å²) in [5.74, 6) is 0.170. The van der Waals surface area contributed by atoms with Crippen molar-refractivity contribution in [3.05, 3.63) is 12.3 Å². The third kappa shape index (κ3) is 1.54. The normalized spacial score (nSPS) is 18.8. The van der Waals surface area contributed by atoms with Gasteiger partial charge in [-0.3, -0.25) is 14.7 Å². The van der Waals surface area contributed by atoms with E-state index >= 15 is 0 Å². The highest BCUT2D eigenvalue weighted by Crippen LogP contribution is 2.00. The molecule has 1 aliphatic rings.